The van der Waals surface area contributed by atoms with Crippen molar-refractivity contribution in [3.63, 3.8) is 0 Å². The number of rotatable bonds is 14. The highest BCUT2D eigenvalue weighted by Crippen LogP contribution is 2.27. The first-order valence-electron chi connectivity index (χ1n) is 11.1. The molecule has 0 heterocycles. The number of carbonyl (C=O) groups is 2. The zero-order chi connectivity index (χ0) is 20.5. The van der Waals surface area contributed by atoms with Gasteiger partial charge in [-0.15, -0.1) is 0 Å². The summed E-state index contributed by atoms with van der Waals surface area (Å²) in [6.45, 7) is 5.05. The van der Waals surface area contributed by atoms with Crippen LogP contribution in [0.4, 0.5) is 0 Å². The van der Waals surface area contributed by atoms with Crippen molar-refractivity contribution < 1.29 is 19.1 Å². The summed E-state index contributed by atoms with van der Waals surface area (Å²) in [5.41, 5.74) is 1.07. The number of ether oxygens (including phenoxy) is 2. The second kappa shape index (κ2) is 16.1. The Bertz CT molecular complexity index is 495. The van der Waals surface area contributed by atoms with Crippen molar-refractivity contribution in [1.29, 1.82) is 0 Å². The minimum absolute atomic E-state index is 0.333. The second-order valence-corrected chi connectivity index (χ2v) is 7.19. The Kier molecular flexibility index (Phi) is 14.0. The van der Waals surface area contributed by atoms with Crippen LogP contribution in [0.2, 0.25) is 0 Å². The molecule has 0 fully saturated rings. The van der Waals surface area contributed by atoms with Gasteiger partial charge < -0.3 is 9.47 Å². The summed E-state index contributed by atoms with van der Waals surface area (Å²) in [5.74, 6) is -0.666. The van der Waals surface area contributed by atoms with Gasteiger partial charge in [0.05, 0.1) is 13.2 Å². The van der Waals surface area contributed by atoms with Gasteiger partial charge in [0, 0.05) is 11.1 Å². The molecule has 0 N–H and O–H groups in total. The van der Waals surface area contributed by atoms with Crippen LogP contribution in [0.5, 0.6) is 0 Å². The number of allylic oxidation sites excluding steroid dienone is 4. The van der Waals surface area contributed by atoms with E-state index in [1.807, 2.05) is 0 Å². The quantitative estimate of drug-likeness (QED) is 0.201. The smallest absolute Gasteiger partial charge is 0.334 e. The predicted octanol–water partition coefficient (Wildman–Crippen LogP) is 6.22. The topological polar surface area (TPSA) is 52.6 Å². The highest BCUT2D eigenvalue weighted by atomic mass is 16.5. The Morgan fingerprint density at radius 2 is 1.14 bits per heavy atom. The van der Waals surface area contributed by atoms with Crippen molar-refractivity contribution in [2.45, 2.75) is 90.9 Å². The molecule has 1 rings (SSSR count). The van der Waals surface area contributed by atoms with Crippen molar-refractivity contribution in [1.82, 2.24) is 0 Å². The maximum Gasteiger partial charge on any atom is 0.334 e. The summed E-state index contributed by atoms with van der Waals surface area (Å²) in [7, 11) is 0. The van der Waals surface area contributed by atoms with E-state index < -0.39 is 0 Å². The molecule has 0 aromatic heterocycles. The number of esters is 2. The SMILES string of the molecule is CC/C=C/CCCCOC(=O)C1=C(C(=O)OCCCC/C=C/CC)CCCC1. The fourth-order valence-electron chi connectivity index (χ4n) is 3.16. The zero-order valence-corrected chi connectivity index (χ0v) is 17.8. The molecule has 0 spiro atoms. The van der Waals surface area contributed by atoms with Crippen molar-refractivity contribution in [2.75, 3.05) is 13.2 Å². The molecule has 1 aliphatic rings. The molecule has 0 amide bonds. The highest BCUT2D eigenvalue weighted by molar-refractivity contribution is 6.00. The van der Waals surface area contributed by atoms with E-state index in [9.17, 15) is 9.59 Å². The maximum absolute atomic E-state index is 12.4. The Labute approximate surface area is 171 Å². The van der Waals surface area contributed by atoms with Gasteiger partial charge in [-0.2, -0.15) is 0 Å². The van der Waals surface area contributed by atoms with Crippen LogP contribution in [0.25, 0.3) is 0 Å². The van der Waals surface area contributed by atoms with Crippen LogP contribution in [-0.4, -0.2) is 25.2 Å². The number of hydrogen-bond donors (Lipinski definition) is 0. The van der Waals surface area contributed by atoms with Gasteiger partial charge in [0.25, 0.3) is 0 Å². The van der Waals surface area contributed by atoms with E-state index in [0.717, 1.165) is 64.2 Å². The zero-order valence-electron chi connectivity index (χ0n) is 17.8. The Balaban J connectivity index is 2.38. The summed E-state index contributed by atoms with van der Waals surface area (Å²) in [6, 6.07) is 0. The number of hydrogen-bond acceptors (Lipinski definition) is 4. The second-order valence-electron chi connectivity index (χ2n) is 7.19. The van der Waals surface area contributed by atoms with E-state index in [-0.39, 0.29) is 11.9 Å². The molecule has 0 saturated carbocycles. The molecular weight excluding hydrogens is 352 g/mol. The lowest BCUT2D eigenvalue weighted by molar-refractivity contribution is -0.143. The van der Waals surface area contributed by atoms with Crippen LogP contribution in [0.15, 0.2) is 35.5 Å². The van der Waals surface area contributed by atoms with Gasteiger partial charge in [-0.25, -0.2) is 9.59 Å². The minimum Gasteiger partial charge on any atom is -0.462 e. The van der Waals surface area contributed by atoms with E-state index >= 15 is 0 Å². The Hall–Kier alpha value is -1.84. The van der Waals surface area contributed by atoms with Crippen LogP contribution < -0.4 is 0 Å². The van der Waals surface area contributed by atoms with Gasteiger partial charge in [0.1, 0.15) is 0 Å². The largest absolute Gasteiger partial charge is 0.462 e. The van der Waals surface area contributed by atoms with Gasteiger partial charge >= 0.3 is 11.9 Å². The maximum atomic E-state index is 12.4. The van der Waals surface area contributed by atoms with Crippen molar-refractivity contribution in [2.24, 2.45) is 0 Å². The first-order chi connectivity index (χ1) is 13.7. The van der Waals surface area contributed by atoms with Gasteiger partial charge in [0.2, 0.25) is 0 Å². The van der Waals surface area contributed by atoms with Crippen molar-refractivity contribution >= 4 is 11.9 Å². The molecule has 0 radical (unpaired) electrons. The normalized spacial score (nSPS) is 14.8. The van der Waals surface area contributed by atoms with Gasteiger partial charge in [-0.05, 0) is 77.0 Å². The molecule has 0 aromatic rings. The first kappa shape index (κ1) is 24.2. The molecule has 158 valence electrons. The molecule has 0 aromatic carbocycles. The van der Waals surface area contributed by atoms with E-state index in [0.29, 0.717) is 37.2 Å². The van der Waals surface area contributed by atoms with Crippen molar-refractivity contribution in [3.05, 3.63) is 35.5 Å². The number of carbonyl (C=O) groups excluding carboxylic acids is 2. The predicted molar refractivity (Wildman–Crippen MR) is 114 cm³/mol. The molecule has 0 unspecified atom stereocenters. The van der Waals surface area contributed by atoms with Gasteiger partial charge in [-0.3, -0.25) is 0 Å². The lowest BCUT2D eigenvalue weighted by atomic mass is 9.92. The third-order valence-electron chi connectivity index (χ3n) is 4.76. The molecule has 28 heavy (non-hydrogen) atoms. The third kappa shape index (κ3) is 10.5. The van der Waals surface area contributed by atoms with Crippen LogP contribution >= 0.6 is 0 Å². The van der Waals surface area contributed by atoms with Gasteiger partial charge in [-0.1, -0.05) is 38.2 Å². The fourth-order valence-corrected chi connectivity index (χ4v) is 3.16. The molecule has 0 atom stereocenters. The summed E-state index contributed by atoms with van der Waals surface area (Å²) in [5, 5.41) is 0. The molecule has 1 aliphatic carbocycles. The lowest BCUT2D eigenvalue weighted by Gasteiger charge is -2.18. The summed E-state index contributed by atoms with van der Waals surface area (Å²) in [6.07, 6.45) is 19.6. The van der Waals surface area contributed by atoms with E-state index in [1.165, 1.54) is 0 Å². The summed E-state index contributed by atoms with van der Waals surface area (Å²) < 4.78 is 10.8. The van der Waals surface area contributed by atoms with Crippen molar-refractivity contribution in [3.8, 4) is 0 Å². The van der Waals surface area contributed by atoms with Crippen LogP contribution in [-0.2, 0) is 19.1 Å². The molecular formula is C24H38O4. The molecule has 4 nitrogen and oxygen atoms in total. The monoisotopic (exact) mass is 390 g/mol. The average molecular weight is 391 g/mol. The van der Waals surface area contributed by atoms with Crippen LogP contribution in [0.3, 0.4) is 0 Å². The van der Waals surface area contributed by atoms with E-state index in [1.54, 1.807) is 0 Å². The molecule has 0 aliphatic heterocycles. The Morgan fingerprint density at radius 3 is 1.54 bits per heavy atom. The van der Waals surface area contributed by atoms with E-state index in [4.69, 9.17) is 9.47 Å². The van der Waals surface area contributed by atoms with E-state index in [2.05, 4.69) is 38.2 Å². The number of unbranched alkanes of at least 4 members (excludes halogenated alkanes) is 4. The highest BCUT2D eigenvalue weighted by Gasteiger charge is 2.25. The average Bonchev–Trinajstić information content (AvgIpc) is 2.72. The Morgan fingerprint density at radius 1 is 0.714 bits per heavy atom. The van der Waals surface area contributed by atoms with Gasteiger partial charge in [0.15, 0.2) is 0 Å². The summed E-state index contributed by atoms with van der Waals surface area (Å²) in [4.78, 5) is 24.8. The minimum atomic E-state index is -0.333. The fraction of sp³-hybridized carbons (Fsp3) is 0.667. The molecule has 0 saturated heterocycles. The lowest BCUT2D eigenvalue weighted by Crippen LogP contribution is -2.20. The van der Waals surface area contributed by atoms with Crippen LogP contribution in [0.1, 0.15) is 90.9 Å². The first-order valence-corrected chi connectivity index (χ1v) is 11.1. The summed E-state index contributed by atoms with van der Waals surface area (Å²) >= 11 is 0. The van der Waals surface area contributed by atoms with Crippen LogP contribution in [0, 0.1) is 0 Å². The third-order valence-corrected chi connectivity index (χ3v) is 4.76. The standard InChI is InChI=1S/C24H38O4/c1-3-5-7-9-11-15-19-27-23(25)21-17-13-14-18-22(21)24(26)28-20-16-12-10-8-6-4-2/h5-8H,3-4,9-20H2,1-2H3/b7-5+,8-6+. The molecule has 0 bridgehead atoms. The molecule has 4 heteroatoms.